The van der Waals surface area contributed by atoms with Crippen molar-refractivity contribution in [1.29, 1.82) is 0 Å². The summed E-state index contributed by atoms with van der Waals surface area (Å²) in [7, 11) is 1.95. The smallest absolute Gasteiger partial charge is 0.227 e. The predicted molar refractivity (Wildman–Crippen MR) is 74.4 cm³/mol. The molecule has 0 aromatic rings. The Morgan fingerprint density at radius 2 is 1.78 bits per heavy atom. The summed E-state index contributed by atoms with van der Waals surface area (Å²) in [4.78, 5) is 14.0. The summed E-state index contributed by atoms with van der Waals surface area (Å²) >= 11 is 0. The summed E-state index contributed by atoms with van der Waals surface area (Å²) in [6.45, 7) is 6.91. The van der Waals surface area contributed by atoms with E-state index < -0.39 is 0 Å². The van der Waals surface area contributed by atoms with E-state index in [1.54, 1.807) is 0 Å². The lowest BCUT2D eigenvalue weighted by Gasteiger charge is -2.31. The molecule has 104 valence electrons. The Labute approximate surface area is 111 Å². The van der Waals surface area contributed by atoms with Crippen molar-refractivity contribution in [2.75, 3.05) is 13.6 Å². The van der Waals surface area contributed by atoms with Crippen molar-refractivity contribution in [2.24, 2.45) is 11.3 Å². The zero-order valence-corrected chi connectivity index (χ0v) is 12.3. The topological polar surface area (TPSA) is 32.3 Å². The van der Waals surface area contributed by atoms with Crippen LogP contribution >= 0.6 is 0 Å². The van der Waals surface area contributed by atoms with Crippen molar-refractivity contribution in [3.63, 3.8) is 0 Å². The highest BCUT2D eigenvalue weighted by atomic mass is 16.2. The molecule has 0 radical (unpaired) electrons. The summed E-state index contributed by atoms with van der Waals surface area (Å²) in [5.74, 6) is 1.08. The van der Waals surface area contributed by atoms with E-state index in [4.69, 9.17) is 0 Å². The Bertz CT molecular complexity index is 296. The van der Waals surface area contributed by atoms with Gasteiger partial charge >= 0.3 is 0 Å². The summed E-state index contributed by atoms with van der Waals surface area (Å²) in [5.41, 5.74) is -0.248. The van der Waals surface area contributed by atoms with Crippen molar-refractivity contribution in [3.8, 4) is 0 Å². The minimum Gasteiger partial charge on any atom is -0.345 e. The van der Waals surface area contributed by atoms with E-state index in [0.717, 1.165) is 24.5 Å². The van der Waals surface area contributed by atoms with Crippen LogP contribution in [0.15, 0.2) is 0 Å². The zero-order valence-electron chi connectivity index (χ0n) is 12.3. The van der Waals surface area contributed by atoms with Crippen LogP contribution in [0.4, 0.5) is 0 Å². The molecule has 0 spiro atoms. The third-order valence-corrected chi connectivity index (χ3v) is 4.43. The maximum Gasteiger partial charge on any atom is 0.227 e. The number of amides is 1. The minimum atomic E-state index is -0.248. The van der Waals surface area contributed by atoms with Gasteiger partial charge in [-0.15, -0.1) is 0 Å². The number of piperidine rings is 1. The normalized spacial score (nSPS) is 31.4. The molecule has 2 saturated heterocycles. The van der Waals surface area contributed by atoms with Gasteiger partial charge in [-0.2, -0.15) is 0 Å². The van der Waals surface area contributed by atoms with Crippen LogP contribution in [0.25, 0.3) is 0 Å². The number of nitrogens with zero attached hydrogens (tertiary/aromatic N) is 1. The molecular weight excluding hydrogens is 224 g/mol. The third kappa shape index (κ3) is 3.25. The van der Waals surface area contributed by atoms with Crippen LogP contribution in [0.3, 0.4) is 0 Å². The first-order chi connectivity index (χ1) is 8.36. The van der Waals surface area contributed by atoms with E-state index in [-0.39, 0.29) is 11.3 Å². The number of carbonyl (C=O) groups excluding carboxylic acids is 1. The van der Waals surface area contributed by atoms with Crippen LogP contribution in [0.2, 0.25) is 0 Å². The molecular formula is C15H28N2O. The molecule has 2 rings (SSSR count). The Morgan fingerprint density at radius 1 is 1.22 bits per heavy atom. The van der Waals surface area contributed by atoms with E-state index in [9.17, 15) is 4.79 Å². The van der Waals surface area contributed by atoms with Gasteiger partial charge in [0.15, 0.2) is 0 Å². The highest BCUT2D eigenvalue weighted by Gasteiger charge is 2.33. The van der Waals surface area contributed by atoms with Crippen LogP contribution in [0.1, 0.15) is 52.9 Å². The molecule has 1 amide bonds. The van der Waals surface area contributed by atoms with Crippen LogP contribution in [-0.2, 0) is 4.79 Å². The largest absolute Gasteiger partial charge is 0.345 e. The van der Waals surface area contributed by atoms with Crippen LogP contribution < -0.4 is 5.32 Å². The second kappa shape index (κ2) is 5.20. The molecule has 2 heterocycles. The summed E-state index contributed by atoms with van der Waals surface area (Å²) < 4.78 is 0. The number of nitrogens with one attached hydrogen (secondary N) is 1. The van der Waals surface area contributed by atoms with E-state index in [1.807, 2.05) is 32.7 Å². The first kappa shape index (κ1) is 13.9. The van der Waals surface area contributed by atoms with Gasteiger partial charge in [0.05, 0.1) is 0 Å². The van der Waals surface area contributed by atoms with Gasteiger partial charge in [0.25, 0.3) is 0 Å². The molecule has 0 saturated carbocycles. The number of carbonyl (C=O) groups is 1. The maximum absolute atomic E-state index is 12.1. The quantitative estimate of drug-likeness (QED) is 0.836. The fraction of sp³-hybridized carbons (Fsp3) is 0.933. The average molecular weight is 252 g/mol. The monoisotopic (exact) mass is 252 g/mol. The first-order valence-corrected chi connectivity index (χ1v) is 7.38. The van der Waals surface area contributed by atoms with Gasteiger partial charge < -0.3 is 10.2 Å². The van der Waals surface area contributed by atoms with E-state index in [1.165, 1.54) is 32.1 Å². The molecule has 2 aliphatic heterocycles. The van der Waals surface area contributed by atoms with E-state index >= 15 is 0 Å². The van der Waals surface area contributed by atoms with Gasteiger partial charge in [-0.1, -0.05) is 20.8 Å². The first-order valence-electron chi connectivity index (χ1n) is 7.38. The highest BCUT2D eigenvalue weighted by molar-refractivity contribution is 5.81. The SMILES string of the molecule is CN(CCC1CC2CCC(C1)N2)C(=O)C(C)(C)C. The predicted octanol–water partition coefficient (Wildman–Crippen LogP) is 2.41. The van der Waals surface area contributed by atoms with Crippen molar-refractivity contribution in [3.05, 3.63) is 0 Å². The zero-order chi connectivity index (χ0) is 13.3. The fourth-order valence-corrected chi connectivity index (χ4v) is 3.46. The van der Waals surface area contributed by atoms with Gasteiger partial charge in [-0.25, -0.2) is 0 Å². The van der Waals surface area contributed by atoms with E-state index in [2.05, 4.69) is 5.32 Å². The van der Waals surface area contributed by atoms with Crippen LogP contribution in [0.5, 0.6) is 0 Å². The molecule has 2 fully saturated rings. The Balaban J connectivity index is 1.76. The van der Waals surface area contributed by atoms with Gasteiger partial charge in [-0.05, 0) is 38.0 Å². The van der Waals surface area contributed by atoms with Crippen molar-refractivity contribution in [1.82, 2.24) is 10.2 Å². The fourth-order valence-electron chi connectivity index (χ4n) is 3.46. The van der Waals surface area contributed by atoms with Crippen molar-refractivity contribution < 1.29 is 4.79 Å². The lowest BCUT2D eigenvalue weighted by atomic mass is 9.89. The summed E-state index contributed by atoms with van der Waals surface area (Å²) in [6, 6.07) is 1.52. The second-order valence-corrected chi connectivity index (χ2v) is 7.24. The lowest BCUT2D eigenvalue weighted by Crippen LogP contribution is -2.41. The standard InChI is InChI=1S/C15H28N2O/c1-15(2,3)14(18)17(4)8-7-11-9-12-5-6-13(10-11)16-12/h11-13,16H,5-10H2,1-4H3. The lowest BCUT2D eigenvalue weighted by molar-refractivity contribution is -0.138. The molecule has 2 aliphatic rings. The molecule has 2 unspecified atom stereocenters. The Morgan fingerprint density at radius 3 is 2.28 bits per heavy atom. The number of fused-ring (bicyclic) bond motifs is 2. The molecule has 3 nitrogen and oxygen atoms in total. The van der Waals surface area contributed by atoms with Gasteiger partial charge in [-0.3, -0.25) is 4.79 Å². The molecule has 0 aromatic carbocycles. The molecule has 3 heteroatoms. The minimum absolute atomic E-state index is 0.248. The molecule has 18 heavy (non-hydrogen) atoms. The molecule has 2 bridgehead atoms. The van der Waals surface area contributed by atoms with Gasteiger partial charge in [0.2, 0.25) is 5.91 Å². The maximum atomic E-state index is 12.1. The summed E-state index contributed by atoms with van der Waals surface area (Å²) in [6.07, 6.45) is 6.52. The second-order valence-electron chi connectivity index (χ2n) is 7.24. The Kier molecular flexibility index (Phi) is 4.00. The van der Waals surface area contributed by atoms with Crippen LogP contribution in [0, 0.1) is 11.3 Å². The average Bonchev–Trinajstić information content (AvgIpc) is 2.63. The van der Waals surface area contributed by atoms with Gasteiger partial charge in [0, 0.05) is 31.1 Å². The molecule has 1 N–H and O–H groups in total. The number of hydrogen-bond acceptors (Lipinski definition) is 2. The Hall–Kier alpha value is -0.570. The molecule has 0 aliphatic carbocycles. The summed E-state index contributed by atoms with van der Waals surface area (Å²) in [5, 5.41) is 3.67. The molecule has 2 atom stereocenters. The third-order valence-electron chi connectivity index (χ3n) is 4.43. The van der Waals surface area contributed by atoms with E-state index in [0.29, 0.717) is 0 Å². The van der Waals surface area contributed by atoms with Crippen molar-refractivity contribution in [2.45, 2.75) is 65.0 Å². The number of rotatable bonds is 3. The highest BCUT2D eigenvalue weighted by Crippen LogP contribution is 2.32. The van der Waals surface area contributed by atoms with Crippen molar-refractivity contribution >= 4 is 5.91 Å². The molecule has 0 aromatic heterocycles. The van der Waals surface area contributed by atoms with Crippen LogP contribution in [-0.4, -0.2) is 36.5 Å². The van der Waals surface area contributed by atoms with Gasteiger partial charge in [0.1, 0.15) is 0 Å². The number of hydrogen-bond donors (Lipinski definition) is 1.